The zero-order valence-corrected chi connectivity index (χ0v) is 10.1. The van der Waals surface area contributed by atoms with Crippen LogP contribution in [0.4, 0.5) is 0 Å². The fraction of sp³-hybridized carbons (Fsp3) is 0.154. The molecule has 1 aromatic carbocycles. The number of pyridine rings is 1. The maximum Gasteiger partial charge on any atom is 0.488 e. The summed E-state index contributed by atoms with van der Waals surface area (Å²) in [6.45, 7) is 2.33. The lowest BCUT2D eigenvalue weighted by atomic mass is 9.80. The van der Waals surface area contributed by atoms with E-state index in [2.05, 4.69) is 4.98 Å². The molecule has 0 bridgehead atoms. The largest absolute Gasteiger partial charge is 0.488 e. The maximum absolute atomic E-state index is 9.07. The highest BCUT2D eigenvalue weighted by atomic mass is 16.5. The van der Waals surface area contributed by atoms with Crippen LogP contribution in [0.5, 0.6) is 5.75 Å². The van der Waals surface area contributed by atoms with E-state index < -0.39 is 7.12 Å². The minimum atomic E-state index is -1.48. The number of aromatic nitrogens is 1. The molecule has 0 unspecified atom stereocenters. The van der Waals surface area contributed by atoms with Gasteiger partial charge in [-0.25, -0.2) is 0 Å². The maximum atomic E-state index is 9.07. The van der Waals surface area contributed by atoms with Crippen molar-refractivity contribution in [3.8, 4) is 5.75 Å². The lowest BCUT2D eigenvalue weighted by Crippen LogP contribution is -2.29. The van der Waals surface area contributed by atoms with Crippen LogP contribution in [0.25, 0.3) is 0 Å². The molecular weight excluding hydrogens is 229 g/mol. The number of aryl methyl sites for hydroxylation is 1. The van der Waals surface area contributed by atoms with Crippen molar-refractivity contribution < 1.29 is 14.8 Å². The van der Waals surface area contributed by atoms with Gasteiger partial charge in [-0.15, -0.1) is 0 Å². The molecule has 92 valence electrons. The van der Waals surface area contributed by atoms with Gasteiger partial charge in [-0.3, -0.25) is 4.98 Å². The van der Waals surface area contributed by atoms with Gasteiger partial charge in [-0.1, -0.05) is 18.2 Å². The van der Waals surface area contributed by atoms with Gasteiger partial charge >= 0.3 is 7.12 Å². The molecule has 18 heavy (non-hydrogen) atoms. The van der Waals surface area contributed by atoms with Crippen LogP contribution >= 0.6 is 0 Å². The van der Waals surface area contributed by atoms with Gasteiger partial charge in [-0.2, -0.15) is 0 Å². The highest BCUT2D eigenvalue weighted by molar-refractivity contribution is 6.58. The molecule has 1 heterocycles. The fourth-order valence-electron chi connectivity index (χ4n) is 1.59. The molecule has 2 rings (SSSR count). The minimum absolute atomic E-state index is 0.359. The third-order valence-corrected chi connectivity index (χ3v) is 2.65. The van der Waals surface area contributed by atoms with Crippen molar-refractivity contribution in [2.45, 2.75) is 13.5 Å². The quantitative estimate of drug-likeness (QED) is 0.774. The Balaban J connectivity index is 2.07. The van der Waals surface area contributed by atoms with E-state index in [4.69, 9.17) is 14.8 Å². The average Bonchev–Trinajstić information content (AvgIpc) is 2.38. The van der Waals surface area contributed by atoms with Crippen LogP contribution in [0.3, 0.4) is 0 Å². The van der Waals surface area contributed by atoms with Crippen molar-refractivity contribution in [2.75, 3.05) is 0 Å². The Bertz CT molecular complexity index is 531. The van der Waals surface area contributed by atoms with Gasteiger partial charge in [-0.05, 0) is 36.1 Å². The van der Waals surface area contributed by atoms with Crippen LogP contribution in [0, 0.1) is 6.92 Å². The number of benzene rings is 1. The molecule has 0 aliphatic heterocycles. The van der Waals surface area contributed by atoms with Gasteiger partial charge in [0, 0.05) is 6.20 Å². The summed E-state index contributed by atoms with van der Waals surface area (Å²) in [6.07, 6.45) is 1.72. The number of ether oxygens (including phenoxy) is 1. The lowest BCUT2D eigenvalue weighted by molar-refractivity contribution is 0.300. The van der Waals surface area contributed by atoms with Gasteiger partial charge < -0.3 is 14.8 Å². The molecule has 4 nitrogen and oxygen atoms in total. The standard InChI is InChI=1S/C13H14BNO3/c1-10-4-3-7-15-13(10)9-18-12-6-2-5-11(8-12)14(16)17/h2-8,16-17H,9H2,1H3. The molecule has 0 saturated carbocycles. The Morgan fingerprint density at radius 1 is 1.22 bits per heavy atom. The second kappa shape index (κ2) is 5.66. The van der Waals surface area contributed by atoms with Crippen molar-refractivity contribution in [3.05, 3.63) is 53.9 Å². The Morgan fingerprint density at radius 2 is 2.06 bits per heavy atom. The summed E-state index contributed by atoms with van der Waals surface area (Å²) in [5, 5.41) is 18.1. The van der Waals surface area contributed by atoms with Crippen LogP contribution in [-0.4, -0.2) is 22.2 Å². The van der Waals surface area contributed by atoms with Gasteiger partial charge in [0.15, 0.2) is 0 Å². The Morgan fingerprint density at radius 3 is 2.78 bits per heavy atom. The normalized spacial score (nSPS) is 10.2. The smallest absolute Gasteiger partial charge is 0.487 e. The Hall–Kier alpha value is -1.85. The predicted octanol–water partition coefficient (Wildman–Crippen LogP) is 0.649. The van der Waals surface area contributed by atoms with Crippen molar-refractivity contribution in [1.29, 1.82) is 0 Å². The molecule has 0 spiro atoms. The summed E-state index contributed by atoms with van der Waals surface area (Å²) >= 11 is 0. The van der Waals surface area contributed by atoms with Gasteiger partial charge in [0.25, 0.3) is 0 Å². The zero-order chi connectivity index (χ0) is 13.0. The first-order valence-corrected chi connectivity index (χ1v) is 5.66. The molecule has 0 radical (unpaired) electrons. The van der Waals surface area contributed by atoms with Crippen LogP contribution in [0.1, 0.15) is 11.3 Å². The van der Waals surface area contributed by atoms with E-state index in [1.54, 1.807) is 30.5 Å². The van der Waals surface area contributed by atoms with Gasteiger partial charge in [0.05, 0.1) is 5.69 Å². The molecule has 0 saturated heterocycles. The first-order chi connectivity index (χ1) is 8.66. The summed E-state index contributed by atoms with van der Waals surface area (Å²) in [5.74, 6) is 0.589. The Kier molecular flexibility index (Phi) is 3.97. The highest BCUT2D eigenvalue weighted by Gasteiger charge is 2.11. The van der Waals surface area contributed by atoms with Crippen molar-refractivity contribution in [1.82, 2.24) is 4.98 Å². The molecule has 5 heteroatoms. The molecule has 2 aromatic rings. The molecule has 0 amide bonds. The van der Waals surface area contributed by atoms with E-state index >= 15 is 0 Å². The summed E-state index contributed by atoms with van der Waals surface area (Å²) in [7, 11) is -1.48. The van der Waals surface area contributed by atoms with E-state index in [9.17, 15) is 0 Å². The molecule has 0 atom stereocenters. The SMILES string of the molecule is Cc1cccnc1COc1cccc(B(O)O)c1. The topological polar surface area (TPSA) is 62.6 Å². The predicted molar refractivity (Wildman–Crippen MR) is 69.6 cm³/mol. The van der Waals surface area contributed by atoms with Crippen LogP contribution < -0.4 is 10.2 Å². The fourth-order valence-corrected chi connectivity index (χ4v) is 1.59. The molecule has 0 fully saturated rings. The highest BCUT2D eigenvalue weighted by Crippen LogP contribution is 2.11. The lowest BCUT2D eigenvalue weighted by Gasteiger charge is -2.08. The van der Waals surface area contributed by atoms with E-state index in [-0.39, 0.29) is 0 Å². The first kappa shape index (κ1) is 12.6. The van der Waals surface area contributed by atoms with Gasteiger partial charge in [0.1, 0.15) is 12.4 Å². The van der Waals surface area contributed by atoms with Crippen LogP contribution in [-0.2, 0) is 6.61 Å². The molecular formula is C13H14BNO3. The number of nitrogens with zero attached hydrogens (tertiary/aromatic N) is 1. The van der Waals surface area contributed by atoms with E-state index in [1.165, 1.54) is 0 Å². The van der Waals surface area contributed by atoms with Crippen LogP contribution in [0.15, 0.2) is 42.6 Å². The number of hydrogen-bond acceptors (Lipinski definition) is 4. The van der Waals surface area contributed by atoms with Crippen molar-refractivity contribution in [2.24, 2.45) is 0 Å². The summed E-state index contributed by atoms with van der Waals surface area (Å²) in [5.41, 5.74) is 2.34. The molecule has 0 aliphatic rings. The second-order valence-electron chi connectivity index (χ2n) is 4.00. The minimum Gasteiger partial charge on any atom is -0.487 e. The van der Waals surface area contributed by atoms with Crippen LogP contribution in [0.2, 0.25) is 0 Å². The average molecular weight is 243 g/mol. The first-order valence-electron chi connectivity index (χ1n) is 5.66. The summed E-state index contributed by atoms with van der Waals surface area (Å²) in [4.78, 5) is 4.23. The Labute approximate surface area is 106 Å². The third-order valence-electron chi connectivity index (χ3n) is 2.65. The second-order valence-corrected chi connectivity index (χ2v) is 4.00. The summed E-state index contributed by atoms with van der Waals surface area (Å²) in [6, 6.07) is 10.6. The van der Waals surface area contributed by atoms with Crippen molar-refractivity contribution in [3.63, 3.8) is 0 Å². The van der Waals surface area contributed by atoms with Gasteiger partial charge in [0.2, 0.25) is 0 Å². The summed E-state index contributed by atoms with van der Waals surface area (Å²) < 4.78 is 5.58. The van der Waals surface area contributed by atoms with Crippen molar-refractivity contribution >= 4 is 12.6 Å². The van der Waals surface area contributed by atoms with E-state index in [0.717, 1.165) is 11.3 Å². The number of hydrogen-bond donors (Lipinski definition) is 2. The zero-order valence-electron chi connectivity index (χ0n) is 10.1. The van der Waals surface area contributed by atoms with E-state index in [1.807, 2.05) is 19.1 Å². The monoisotopic (exact) mass is 243 g/mol. The number of rotatable bonds is 4. The molecule has 1 aromatic heterocycles. The third kappa shape index (κ3) is 3.09. The molecule has 2 N–H and O–H groups in total. The van der Waals surface area contributed by atoms with E-state index in [0.29, 0.717) is 17.8 Å². The molecule has 0 aliphatic carbocycles.